The van der Waals surface area contributed by atoms with Crippen LogP contribution in [0.4, 0.5) is 0 Å². The maximum Gasteiger partial charge on any atom is 0.194 e. The quantitative estimate of drug-likeness (QED) is 0.599. The fourth-order valence-electron chi connectivity index (χ4n) is 4.06. The number of morpholine rings is 1. The van der Waals surface area contributed by atoms with Gasteiger partial charge in [0.15, 0.2) is 5.96 Å². The van der Waals surface area contributed by atoms with Crippen molar-refractivity contribution in [1.82, 2.24) is 24.9 Å². The molecule has 2 aromatic heterocycles. The van der Waals surface area contributed by atoms with E-state index in [1.54, 1.807) is 4.88 Å². The average molecular weight is 417 g/mol. The molecule has 2 aromatic rings. The molecule has 0 aromatic carbocycles. The van der Waals surface area contributed by atoms with Crippen molar-refractivity contribution in [2.24, 2.45) is 12.0 Å². The van der Waals surface area contributed by atoms with Crippen LogP contribution >= 0.6 is 11.3 Å². The Morgan fingerprint density at radius 1 is 1.45 bits per heavy atom. The highest BCUT2D eigenvalue weighted by molar-refractivity contribution is 7.10. The van der Waals surface area contributed by atoms with Crippen molar-refractivity contribution in [2.75, 3.05) is 39.3 Å². The highest BCUT2D eigenvalue weighted by Gasteiger charge is 2.26. The number of nitrogens with zero attached hydrogens (tertiary/aromatic N) is 5. The Balaban J connectivity index is 1.39. The van der Waals surface area contributed by atoms with E-state index in [4.69, 9.17) is 9.73 Å². The first-order chi connectivity index (χ1) is 14.1. The molecule has 0 saturated carbocycles. The summed E-state index contributed by atoms with van der Waals surface area (Å²) in [6, 6.07) is 2.70. The van der Waals surface area contributed by atoms with Crippen LogP contribution in [0, 0.1) is 0 Å². The smallest absolute Gasteiger partial charge is 0.194 e. The molecule has 1 N–H and O–H groups in total. The molecule has 0 aliphatic carbocycles. The van der Waals surface area contributed by atoms with E-state index in [-0.39, 0.29) is 6.10 Å². The molecule has 0 radical (unpaired) electrons. The summed E-state index contributed by atoms with van der Waals surface area (Å²) in [5.74, 6) is 0.991. The van der Waals surface area contributed by atoms with Gasteiger partial charge in [-0.15, -0.1) is 11.3 Å². The van der Waals surface area contributed by atoms with Crippen LogP contribution in [0.2, 0.25) is 0 Å². The summed E-state index contributed by atoms with van der Waals surface area (Å²) < 4.78 is 7.83. The van der Waals surface area contributed by atoms with Crippen molar-refractivity contribution < 1.29 is 4.74 Å². The third-order valence-electron chi connectivity index (χ3n) is 5.76. The Labute approximate surface area is 177 Å². The van der Waals surface area contributed by atoms with Crippen LogP contribution in [0.15, 0.2) is 28.8 Å². The Morgan fingerprint density at radius 3 is 3.14 bits per heavy atom. The second-order valence-corrected chi connectivity index (χ2v) is 8.89. The number of rotatable bonds is 5. The predicted molar refractivity (Wildman–Crippen MR) is 117 cm³/mol. The standard InChI is InChI=1S/C21H32N6OS/c1-4-22-21(27-8-9-28-19(15-27)18-12-24-25(3)13-18)23-11-16(2)26-7-5-20-17(14-26)6-10-29-20/h6,10,12-13,16,19H,4-5,7-9,11,14-15H2,1-3H3,(H,22,23). The van der Waals surface area contributed by atoms with Gasteiger partial charge in [0.25, 0.3) is 0 Å². The molecule has 7 nitrogen and oxygen atoms in total. The second kappa shape index (κ2) is 9.28. The molecular weight excluding hydrogens is 384 g/mol. The van der Waals surface area contributed by atoms with Crippen LogP contribution in [0.5, 0.6) is 0 Å². The van der Waals surface area contributed by atoms with Gasteiger partial charge in [-0.25, -0.2) is 0 Å². The van der Waals surface area contributed by atoms with E-state index in [1.807, 2.05) is 35.5 Å². The van der Waals surface area contributed by atoms with E-state index >= 15 is 0 Å². The van der Waals surface area contributed by atoms with Gasteiger partial charge in [0.05, 0.1) is 25.9 Å². The van der Waals surface area contributed by atoms with Gasteiger partial charge in [0, 0.05) is 55.9 Å². The Hall–Kier alpha value is -1.90. The molecule has 1 fully saturated rings. The van der Waals surface area contributed by atoms with Crippen molar-refractivity contribution in [3.8, 4) is 0 Å². The minimum Gasteiger partial charge on any atom is -0.370 e. The van der Waals surface area contributed by atoms with Crippen molar-refractivity contribution in [2.45, 2.75) is 39.0 Å². The molecular formula is C21H32N6OS. The van der Waals surface area contributed by atoms with Gasteiger partial charge in [-0.05, 0) is 37.3 Å². The molecule has 0 amide bonds. The van der Waals surface area contributed by atoms with Crippen LogP contribution in [-0.2, 0) is 24.8 Å². The van der Waals surface area contributed by atoms with Crippen molar-refractivity contribution in [3.63, 3.8) is 0 Å². The fraction of sp³-hybridized carbons (Fsp3) is 0.619. The fourth-order valence-corrected chi connectivity index (χ4v) is 4.95. The molecule has 4 heterocycles. The lowest BCUT2D eigenvalue weighted by Gasteiger charge is -2.35. The summed E-state index contributed by atoms with van der Waals surface area (Å²) in [6.45, 7) is 10.6. The predicted octanol–water partition coefficient (Wildman–Crippen LogP) is 2.27. The zero-order chi connectivity index (χ0) is 20.2. The van der Waals surface area contributed by atoms with Gasteiger partial charge in [-0.1, -0.05) is 0 Å². The lowest BCUT2D eigenvalue weighted by molar-refractivity contribution is -0.00808. The van der Waals surface area contributed by atoms with E-state index < -0.39 is 0 Å². The molecule has 4 rings (SSSR count). The van der Waals surface area contributed by atoms with E-state index in [2.05, 4.69) is 45.5 Å². The maximum absolute atomic E-state index is 6.00. The number of aromatic nitrogens is 2. The van der Waals surface area contributed by atoms with Crippen LogP contribution < -0.4 is 5.32 Å². The number of fused-ring (bicyclic) bond motifs is 1. The molecule has 2 unspecified atom stereocenters. The highest BCUT2D eigenvalue weighted by atomic mass is 32.1. The number of aliphatic imine (C=N–C) groups is 1. The number of hydrogen-bond acceptors (Lipinski definition) is 5. The van der Waals surface area contributed by atoms with Crippen LogP contribution in [-0.4, -0.2) is 70.9 Å². The minimum absolute atomic E-state index is 0.0397. The Bertz CT molecular complexity index is 831. The van der Waals surface area contributed by atoms with Crippen LogP contribution in [0.3, 0.4) is 0 Å². The van der Waals surface area contributed by atoms with Crippen molar-refractivity contribution in [1.29, 1.82) is 0 Å². The highest BCUT2D eigenvalue weighted by Crippen LogP contribution is 2.25. The lowest BCUT2D eigenvalue weighted by Crippen LogP contribution is -2.48. The molecule has 0 bridgehead atoms. The van der Waals surface area contributed by atoms with Crippen LogP contribution in [0.1, 0.15) is 36.0 Å². The number of ether oxygens (including phenoxy) is 1. The largest absolute Gasteiger partial charge is 0.370 e. The van der Waals surface area contributed by atoms with Crippen LogP contribution in [0.25, 0.3) is 0 Å². The third-order valence-corrected chi connectivity index (χ3v) is 6.79. The maximum atomic E-state index is 6.00. The normalized spacial score (nSPS) is 21.8. The number of nitrogens with one attached hydrogen (secondary N) is 1. The van der Waals surface area contributed by atoms with Crippen molar-refractivity contribution >= 4 is 17.3 Å². The monoisotopic (exact) mass is 416 g/mol. The van der Waals surface area contributed by atoms with Gasteiger partial charge in [-0.3, -0.25) is 14.6 Å². The first-order valence-corrected chi connectivity index (χ1v) is 11.4. The molecule has 8 heteroatoms. The number of hydrogen-bond donors (Lipinski definition) is 1. The van der Waals surface area contributed by atoms with Crippen molar-refractivity contribution in [3.05, 3.63) is 39.8 Å². The van der Waals surface area contributed by atoms with Gasteiger partial charge in [-0.2, -0.15) is 5.10 Å². The van der Waals surface area contributed by atoms with Gasteiger partial charge >= 0.3 is 0 Å². The first-order valence-electron chi connectivity index (χ1n) is 10.6. The Morgan fingerprint density at radius 2 is 2.34 bits per heavy atom. The summed E-state index contributed by atoms with van der Waals surface area (Å²) in [5, 5.41) is 9.99. The van der Waals surface area contributed by atoms with Gasteiger partial charge < -0.3 is 15.0 Å². The summed E-state index contributed by atoms with van der Waals surface area (Å²) >= 11 is 1.89. The topological polar surface area (TPSA) is 57.9 Å². The average Bonchev–Trinajstić information content (AvgIpc) is 3.39. The first kappa shape index (κ1) is 20.4. The number of thiophene rings is 1. The summed E-state index contributed by atoms with van der Waals surface area (Å²) in [5.41, 5.74) is 2.62. The molecule has 158 valence electrons. The van der Waals surface area contributed by atoms with E-state index in [9.17, 15) is 0 Å². The summed E-state index contributed by atoms with van der Waals surface area (Å²) in [7, 11) is 1.94. The molecule has 2 aliphatic rings. The SMILES string of the molecule is CCNC(=NCC(C)N1CCc2sccc2C1)N1CCOC(c2cnn(C)c2)C1. The van der Waals surface area contributed by atoms with Gasteiger partial charge in [0.1, 0.15) is 6.10 Å². The van der Waals surface area contributed by atoms with E-state index in [0.717, 1.165) is 57.2 Å². The minimum atomic E-state index is 0.0397. The molecule has 0 spiro atoms. The van der Waals surface area contributed by atoms with E-state index in [0.29, 0.717) is 12.6 Å². The summed E-state index contributed by atoms with van der Waals surface area (Å²) in [4.78, 5) is 11.4. The number of aryl methyl sites for hydroxylation is 1. The molecule has 29 heavy (non-hydrogen) atoms. The molecule has 2 aliphatic heterocycles. The zero-order valence-corrected chi connectivity index (χ0v) is 18.5. The van der Waals surface area contributed by atoms with E-state index in [1.165, 1.54) is 5.56 Å². The summed E-state index contributed by atoms with van der Waals surface area (Å²) in [6.07, 6.45) is 5.14. The lowest BCUT2D eigenvalue weighted by atomic mass is 10.1. The third kappa shape index (κ3) is 4.82. The van der Waals surface area contributed by atoms with Gasteiger partial charge in [0.2, 0.25) is 0 Å². The molecule has 2 atom stereocenters. The Kier molecular flexibility index (Phi) is 6.52. The second-order valence-electron chi connectivity index (χ2n) is 7.89. The molecule has 1 saturated heterocycles. The number of guanidine groups is 1. The zero-order valence-electron chi connectivity index (χ0n) is 17.7.